The summed E-state index contributed by atoms with van der Waals surface area (Å²) in [7, 11) is 0. The molecule has 6 nitrogen and oxygen atoms in total. The van der Waals surface area contributed by atoms with Crippen LogP contribution in [-0.4, -0.2) is 36.4 Å². The second-order valence-electron chi connectivity index (χ2n) is 4.43. The molecule has 1 aromatic rings. The Morgan fingerprint density at radius 1 is 1.14 bits per heavy atom. The molecule has 2 unspecified atom stereocenters. The number of hydrogen-bond acceptors (Lipinski definition) is 3. The molecule has 2 amide bonds. The average molecular weight is 304 g/mol. The van der Waals surface area contributed by atoms with Crippen LogP contribution < -0.4 is 10.6 Å². The minimum atomic E-state index is -1.38. The molecule has 1 fully saturated rings. The van der Waals surface area contributed by atoms with Gasteiger partial charge in [0.2, 0.25) is 0 Å². The minimum absolute atomic E-state index is 0.00928. The number of carboxylic acids is 1. The zero-order chi connectivity index (χ0) is 15.6. The Labute approximate surface area is 116 Å². The molecule has 1 aromatic carbocycles. The van der Waals surface area contributed by atoms with E-state index in [4.69, 9.17) is 9.84 Å². The van der Waals surface area contributed by atoms with Crippen molar-refractivity contribution in [3.63, 3.8) is 0 Å². The van der Waals surface area contributed by atoms with E-state index < -0.39 is 47.1 Å². The summed E-state index contributed by atoms with van der Waals surface area (Å²) in [6, 6.07) is -0.953. The Hall–Kier alpha value is -2.29. The number of hydrogen-bond donors (Lipinski definition) is 3. The van der Waals surface area contributed by atoms with Crippen molar-refractivity contribution in [3.8, 4) is 0 Å². The van der Waals surface area contributed by atoms with E-state index in [0.717, 1.165) is 0 Å². The highest BCUT2D eigenvalue weighted by molar-refractivity contribution is 5.90. The maximum atomic E-state index is 13.3. The Bertz CT molecular complexity index is 582. The number of benzene rings is 1. The van der Waals surface area contributed by atoms with Gasteiger partial charge in [0, 0.05) is 12.1 Å². The van der Waals surface area contributed by atoms with Crippen LogP contribution in [0, 0.1) is 23.4 Å². The van der Waals surface area contributed by atoms with Gasteiger partial charge in [0.25, 0.3) is 0 Å². The van der Waals surface area contributed by atoms with Gasteiger partial charge in [-0.25, -0.2) is 18.0 Å². The Balaban J connectivity index is 2.02. The van der Waals surface area contributed by atoms with Gasteiger partial charge in [0.05, 0.1) is 24.9 Å². The highest BCUT2D eigenvalue weighted by Gasteiger charge is 2.35. The van der Waals surface area contributed by atoms with Gasteiger partial charge in [-0.2, -0.15) is 0 Å². The van der Waals surface area contributed by atoms with Crippen molar-refractivity contribution in [2.45, 2.75) is 6.04 Å². The molecule has 9 heteroatoms. The number of rotatable bonds is 3. The smallest absolute Gasteiger partial charge is 0.319 e. The number of carbonyl (C=O) groups is 2. The highest BCUT2D eigenvalue weighted by atomic mass is 19.2. The number of ether oxygens (including phenoxy) is 1. The predicted molar refractivity (Wildman–Crippen MR) is 64.2 cm³/mol. The van der Waals surface area contributed by atoms with Crippen molar-refractivity contribution in [3.05, 3.63) is 29.6 Å². The fraction of sp³-hybridized carbons (Fsp3) is 0.333. The standard InChI is InChI=1S/C12H11F3N2O4/c13-6-1-8(15)9(2-7(6)14)16-12(20)17-10-4-21-3-5(10)11(18)19/h1-2,5,10H,3-4H2,(H,18,19)(H2,16,17,20). The molecular weight excluding hydrogens is 293 g/mol. The zero-order valence-electron chi connectivity index (χ0n) is 10.5. The molecule has 0 radical (unpaired) electrons. The Kier molecular flexibility index (Phi) is 4.32. The van der Waals surface area contributed by atoms with Crippen molar-refractivity contribution in [2.24, 2.45) is 5.92 Å². The van der Waals surface area contributed by atoms with Crippen molar-refractivity contribution < 1.29 is 32.6 Å². The molecule has 2 atom stereocenters. The van der Waals surface area contributed by atoms with Crippen molar-refractivity contribution >= 4 is 17.7 Å². The van der Waals surface area contributed by atoms with Crippen LogP contribution in [-0.2, 0) is 9.53 Å². The fourth-order valence-electron chi connectivity index (χ4n) is 1.89. The zero-order valence-corrected chi connectivity index (χ0v) is 10.5. The first-order valence-electron chi connectivity index (χ1n) is 5.91. The van der Waals surface area contributed by atoms with Crippen LogP contribution in [0.25, 0.3) is 0 Å². The molecule has 0 bridgehead atoms. The van der Waals surface area contributed by atoms with Crippen LogP contribution in [0.3, 0.4) is 0 Å². The quantitative estimate of drug-likeness (QED) is 0.735. The molecule has 0 aromatic heterocycles. The summed E-state index contributed by atoms with van der Waals surface area (Å²) in [5, 5.41) is 13.2. The maximum absolute atomic E-state index is 13.3. The summed E-state index contributed by atoms with van der Waals surface area (Å²) in [5.41, 5.74) is -0.558. The van der Waals surface area contributed by atoms with E-state index in [1.54, 1.807) is 0 Å². The van der Waals surface area contributed by atoms with E-state index >= 15 is 0 Å². The molecule has 114 valence electrons. The monoisotopic (exact) mass is 304 g/mol. The van der Waals surface area contributed by atoms with Crippen LogP contribution in [0.1, 0.15) is 0 Å². The van der Waals surface area contributed by atoms with E-state index in [-0.39, 0.29) is 13.2 Å². The minimum Gasteiger partial charge on any atom is -0.481 e. The van der Waals surface area contributed by atoms with Crippen LogP contribution >= 0.6 is 0 Å². The first kappa shape index (κ1) is 15.1. The van der Waals surface area contributed by atoms with Gasteiger partial charge in [0.1, 0.15) is 11.7 Å². The third-order valence-corrected chi connectivity index (χ3v) is 2.97. The summed E-state index contributed by atoms with van der Waals surface area (Å²) in [6.07, 6.45) is 0. The Morgan fingerprint density at radius 3 is 2.48 bits per heavy atom. The third kappa shape index (κ3) is 3.43. The SMILES string of the molecule is O=C(Nc1cc(F)c(F)cc1F)NC1COCC1C(=O)O. The number of anilines is 1. The lowest BCUT2D eigenvalue weighted by molar-refractivity contribution is -0.142. The summed E-state index contributed by atoms with van der Waals surface area (Å²) in [6.45, 7) is -0.0650. The molecular formula is C12H11F3N2O4. The van der Waals surface area contributed by atoms with Crippen LogP contribution in [0.15, 0.2) is 12.1 Å². The number of carboxylic acid groups (broad SMARTS) is 1. The van der Waals surface area contributed by atoms with Crippen molar-refractivity contribution in [1.82, 2.24) is 5.32 Å². The van der Waals surface area contributed by atoms with Gasteiger partial charge in [-0.3, -0.25) is 4.79 Å². The average Bonchev–Trinajstić information content (AvgIpc) is 2.84. The van der Waals surface area contributed by atoms with Crippen molar-refractivity contribution in [2.75, 3.05) is 18.5 Å². The molecule has 1 aliphatic heterocycles. The number of amides is 2. The molecule has 2 rings (SSSR count). The van der Waals surface area contributed by atoms with Crippen LogP contribution in [0.5, 0.6) is 0 Å². The summed E-state index contributed by atoms with van der Waals surface area (Å²) in [5.74, 6) is -5.92. The first-order valence-corrected chi connectivity index (χ1v) is 5.91. The fourth-order valence-corrected chi connectivity index (χ4v) is 1.89. The van der Waals surface area contributed by atoms with Gasteiger partial charge in [-0.1, -0.05) is 0 Å². The van der Waals surface area contributed by atoms with E-state index in [9.17, 15) is 22.8 Å². The lowest BCUT2D eigenvalue weighted by Gasteiger charge is -2.16. The molecule has 1 aliphatic rings. The molecule has 3 N–H and O–H groups in total. The lowest BCUT2D eigenvalue weighted by atomic mass is 10.0. The van der Waals surface area contributed by atoms with E-state index in [1.165, 1.54) is 0 Å². The van der Waals surface area contributed by atoms with Crippen LogP contribution in [0.2, 0.25) is 0 Å². The molecule has 0 spiro atoms. The van der Waals surface area contributed by atoms with Crippen molar-refractivity contribution in [1.29, 1.82) is 0 Å². The molecule has 1 saturated heterocycles. The predicted octanol–water partition coefficient (Wildman–Crippen LogP) is 1.32. The van der Waals surface area contributed by atoms with Gasteiger partial charge in [0.15, 0.2) is 11.6 Å². The normalized spacial score (nSPS) is 21.1. The highest BCUT2D eigenvalue weighted by Crippen LogP contribution is 2.19. The lowest BCUT2D eigenvalue weighted by Crippen LogP contribution is -2.44. The summed E-state index contributed by atoms with van der Waals surface area (Å²) in [4.78, 5) is 22.5. The second kappa shape index (κ2) is 6.00. The molecule has 0 aliphatic carbocycles. The third-order valence-electron chi connectivity index (χ3n) is 2.97. The van der Waals surface area contributed by atoms with E-state index in [2.05, 4.69) is 5.32 Å². The molecule has 0 saturated carbocycles. The van der Waals surface area contributed by atoms with E-state index in [1.807, 2.05) is 5.32 Å². The maximum Gasteiger partial charge on any atom is 0.319 e. The first-order chi connectivity index (χ1) is 9.88. The van der Waals surface area contributed by atoms with Gasteiger partial charge >= 0.3 is 12.0 Å². The topological polar surface area (TPSA) is 87.7 Å². The van der Waals surface area contributed by atoms with E-state index in [0.29, 0.717) is 12.1 Å². The summed E-state index contributed by atoms with van der Waals surface area (Å²) < 4.78 is 44.0. The number of carbonyl (C=O) groups excluding carboxylic acids is 1. The number of nitrogens with one attached hydrogen (secondary N) is 2. The summed E-state index contributed by atoms with van der Waals surface area (Å²) >= 11 is 0. The van der Waals surface area contributed by atoms with Crippen LogP contribution in [0.4, 0.5) is 23.7 Å². The van der Waals surface area contributed by atoms with Gasteiger partial charge in [-0.15, -0.1) is 0 Å². The number of aliphatic carboxylic acids is 1. The largest absolute Gasteiger partial charge is 0.481 e. The van der Waals surface area contributed by atoms with Gasteiger partial charge < -0.3 is 20.5 Å². The number of halogens is 3. The molecule has 1 heterocycles. The second-order valence-corrected chi connectivity index (χ2v) is 4.43. The Morgan fingerprint density at radius 2 is 1.81 bits per heavy atom. The molecule has 21 heavy (non-hydrogen) atoms. The van der Waals surface area contributed by atoms with Gasteiger partial charge in [-0.05, 0) is 0 Å². The number of urea groups is 1.